The molecular weight excluding hydrogens is 372 g/mol. The van der Waals surface area contributed by atoms with Gasteiger partial charge in [-0.1, -0.05) is 36.4 Å². The highest BCUT2D eigenvalue weighted by molar-refractivity contribution is 5.95. The zero-order chi connectivity index (χ0) is 20.3. The van der Waals surface area contributed by atoms with E-state index in [1.165, 1.54) is 22.2 Å². The van der Waals surface area contributed by atoms with Gasteiger partial charge in [0, 0.05) is 42.1 Å². The van der Waals surface area contributed by atoms with Crippen LogP contribution in [0.15, 0.2) is 73.2 Å². The van der Waals surface area contributed by atoms with Crippen molar-refractivity contribution in [3.05, 3.63) is 89.9 Å². The highest BCUT2D eigenvalue weighted by atomic mass is 16.1. The van der Waals surface area contributed by atoms with Crippen LogP contribution in [-0.2, 0) is 12.8 Å². The maximum atomic E-state index is 12.7. The average molecular weight is 396 g/mol. The van der Waals surface area contributed by atoms with Crippen LogP contribution in [0.25, 0.3) is 10.9 Å². The molecule has 3 heterocycles. The maximum absolute atomic E-state index is 12.7. The Hall–Kier alpha value is -3.60. The molecular formula is C25H24N4O. The molecule has 1 aliphatic rings. The third-order valence-electron chi connectivity index (χ3n) is 5.76. The van der Waals surface area contributed by atoms with Gasteiger partial charge in [-0.3, -0.25) is 9.78 Å². The number of nitrogens with one attached hydrogen (secondary N) is 2. The van der Waals surface area contributed by atoms with E-state index in [4.69, 9.17) is 0 Å². The predicted octanol–water partition coefficient (Wildman–Crippen LogP) is 4.62. The number of aryl methyl sites for hydroxylation is 1. The van der Waals surface area contributed by atoms with Crippen LogP contribution in [0.4, 0.5) is 11.4 Å². The molecule has 4 aromatic rings. The van der Waals surface area contributed by atoms with Crippen LogP contribution >= 0.6 is 0 Å². The first-order chi connectivity index (χ1) is 14.8. The molecule has 30 heavy (non-hydrogen) atoms. The second kappa shape index (κ2) is 8.03. The molecule has 150 valence electrons. The van der Waals surface area contributed by atoms with Crippen LogP contribution in [0.5, 0.6) is 0 Å². The van der Waals surface area contributed by atoms with Gasteiger partial charge in [0.2, 0.25) is 0 Å². The Balaban J connectivity index is 1.28. The Morgan fingerprint density at radius 3 is 2.93 bits per heavy atom. The summed E-state index contributed by atoms with van der Waals surface area (Å²) < 4.78 is 0. The van der Waals surface area contributed by atoms with Crippen molar-refractivity contribution in [2.75, 3.05) is 18.0 Å². The zero-order valence-corrected chi connectivity index (χ0v) is 16.8. The summed E-state index contributed by atoms with van der Waals surface area (Å²) in [4.78, 5) is 22.6. The number of anilines is 2. The fourth-order valence-corrected chi connectivity index (χ4v) is 4.25. The van der Waals surface area contributed by atoms with Gasteiger partial charge < -0.3 is 15.2 Å². The number of carbonyl (C=O) groups excluding carboxylic acids is 1. The number of H-pyrrole nitrogens is 1. The number of rotatable bonds is 5. The molecule has 5 heteroatoms. The molecule has 0 radical (unpaired) electrons. The molecule has 0 atom stereocenters. The van der Waals surface area contributed by atoms with Crippen molar-refractivity contribution in [1.82, 2.24) is 15.3 Å². The van der Waals surface area contributed by atoms with Crippen molar-refractivity contribution in [3.63, 3.8) is 0 Å². The lowest BCUT2D eigenvalue weighted by molar-refractivity contribution is 0.0954. The van der Waals surface area contributed by atoms with E-state index >= 15 is 0 Å². The van der Waals surface area contributed by atoms with Gasteiger partial charge in [-0.25, -0.2) is 0 Å². The molecule has 1 aliphatic heterocycles. The Labute approximate surface area is 175 Å². The van der Waals surface area contributed by atoms with Gasteiger partial charge in [0.05, 0.1) is 17.4 Å². The van der Waals surface area contributed by atoms with Crippen LogP contribution in [-0.4, -0.2) is 29.0 Å². The van der Waals surface area contributed by atoms with E-state index in [0.29, 0.717) is 12.1 Å². The molecule has 2 aromatic heterocycles. The van der Waals surface area contributed by atoms with E-state index in [0.717, 1.165) is 37.0 Å². The van der Waals surface area contributed by atoms with Crippen LogP contribution in [0, 0.1) is 0 Å². The molecule has 2 N–H and O–H groups in total. The third kappa shape index (κ3) is 3.54. The molecule has 0 fully saturated rings. The summed E-state index contributed by atoms with van der Waals surface area (Å²) in [5, 5.41) is 4.25. The number of amides is 1. The minimum Gasteiger partial charge on any atom is -0.361 e. The number of fused-ring (bicyclic) bond motifs is 2. The number of aromatic nitrogens is 2. The van der Waals surface area contributed by atoms with Crippen LogP contribution < -0.4 is 10.2 Å². The summed E-state index contributed by atoms with van der Waals surface area (Å²) >= 11 is 0. The van der Waals surface area contributed by atoms with E-state index in [1.807, 2.05) is 30.6 Å². The van der Waals surface area contributed by atoms with Gasteiger partial charge in [-0.15, -0.1) is 0 Å². The molecule has 0 aliphatic carbocycles. The smallest absolute Gasteiger partial charge is 0.252 e. The predicted molar refractivity (Wildman–Crippen MR) is 120 cm³/mol. The average Bonchev–Trinajstić information content (AvgIpc) is 3.22. The first-order valence-electron chi connectivity index (χ1n) is 10.4. The van der Waals surface area contributed by atoms with E-state index in [9.17, 15) is 4.79 Å². The molecule has 0 saturated carbocycles. The van der Waals surface area contributed by atoms with E-state index in [2.05, 4.69) is 56.6 Å². The first kappa shape index (κ1) is 18.4. The number of pyridine rings is 1. The van der Waals surface area contributed by atoms with Gasteiger partial charge in [-0.05, 0) is 48.6 Å². The lowest BCUT2D eigenvalue weighted by Gasteiger charge is -2.31. The summed E-state index contributed by atoms with van der Waals surface area (Å²) in [6.45, 7) is 1.52. The van der Waals surface area contributed by atoms with Gasteiger partial charge in [0.1, 0.15) is 0 Å². The standard InChI is InChI=1S/C25H24N4O/c30-25(27-12-11-19-16-28-23-9-3-2-8-22(19)23)20-14-21(17-26-15-20)29-13-5-7-18-6-1-4-10-24(18)29/h1-4,6,8-10,14-17,28H,5,7,11-13H2,(H,27,30). The minimum absolute atomic E-state index is 0.0884. The Morgan fingerprint density at radius 2 is 1.97 bits per heavy atom. The molecule has 5 nitrogen and oxygen atoms in total. The van der Waals surface area contributed by atoms with E-state index < -0.39 is 0 Å². The number of hydrogen-bond acceptors (Lipinski definition) is 3. The van der Waals surface area contributed by atoms with Crippen LogP contribution in [0.3, 0.4) is 0 Å². The lowest BCUT2D eigenvalue weighted by atomic mass is 10.0. The topological polar surface area (TPSA) is 61.0 Å². The summed E-state index contributed by atoms with van der Waals surface area (Å²) in [7, 11) is 0. The number of aromatic amines is 1. The van der Waals surface area contributed by atoms with E-state index in [1.54, 1.807) is 6.20 Å². The lowest BCUT2D eigenvalue weighted by Crippen LogP contribution is -2.27. The number of benzene rings is 2. The Morgan fingerprint density at radius 1 is 1.10 bits per heavy atom. The van der Waals surface area contributed by atoms with Crippen LogP contribution in [0.1, 0.15) is 27.9 Å². The second-order valence-corrected chi connectivity index (χ2v) is 7.68. The van der Waals surface area contributed by atoms with Crippen molar-refractivity contribution in [3.8, 4) is 0 Å². The number of carbonyl (C=O) groups is 1. The van der Waals surface area contributed by atoms with Gasteiger partial charge >= 0.3 is 0 Å². The summed E-state index contributed by atoms with van der Waals surface area (Å²) in [5.41, 5.74) is 6.45. The summed E-state index contributed by atoms with van der Waals surface area (Å²) in [6, 6.07) is 18.6. The normalized spacial score (nSPS) is 13.3. The highest BCUT2D eigenvalue weighted by Gasteiger charge is 2.19. The van der Waals surface area contributed by atoms with Crippen molar-refractivity contribution in [2.45, 2.75) is 19.3 Å². The Bertz CT molecular complexity index is 1200. The molecule has 0 spiro atoms. The first-order valence-corrected chi connectivity index (χ1v) is 10.4. The fraction of sp³-hybridized carbons (Fsp3) is 0.200. The van der Waals surface area contributed by atoms with Gasteiger partial charge in [0.15, 0.2) is 0 Å². The summed E-state index contributed by atoms with van der Waals surface area (Å²) in [5.74, 6) is -0.0884. The highest BCUT2D eigenvalue weighted by Crippen LogP contribution is 2.33. The molecule has 0 bridgehead atoms. The number of para-hydroxylation sites is 2. The molecule has 2 aromatic carbocycles. The SMILES string of the molecule is O=C(NCCc1c[nH]c2ccccc12)c1cncc(N2CCCc3ccccc32)c1. The molecule has 0 saturated heterocycles. The minimum atomic E-state index is -0.0884. The van der Waals surface area contributed by atoms with Crippen molar-refractivity contribution < 1.29 is 4.79 Å². The van der Waals surface area contributed by atoms with Crippen molar-refractivity contribution in [2.24, 2.45) is 0 Å². The quantitative estimate of drug-likeness (QED) is 0.517. The fourth-order valence-electron chi connectivity index (χ4n) is 4.25. The summed E-state index contributed by atoms with van der Waals surface area (Å²) in [6.07, 6.45) is 8.46. The zero-order valence-electron chi connectivity index (χ0n) is 16.8. The number of nitrogens with zero attached hydrogens (tertiary/aromatic N) is 2. The van der Waals surface area contributed by atoms with E-state index in [-0.39, 0.29) is 5.91 Å². The van der Waals surface area contributed by atoms with Gasteiger partial charge in [0.25, 0.3) is 5.91 Å². The third-order valence-corrected chi connectivity index (χ3v) is 5.76. The van der Waals surface area contributed by atoms with Crippen molar-refractivity contribution in [1.29, 1.82) is 0 Å². The van der Waals surface area contributed by atoms with Crippen LogP contribution in [0.2, 0.25) is 0 Å². The molecule has 5 rings (SSSR count). The van der Waals surface area contributed by atoms with Gasteiger partial charge in [-0.2, -0.15) is 0 Å². The maximum Gasteiger partial charge on any atom is 0.252 e. The largest absolute Gasteiger partial charge is 0.361 e. The van der Waals surface area contributed by atoms with Crippen molar-refractivity contribution >= 4 is 28.2 Å². The Kier molecular flexibility index (Phi) is 4.93. The molecule has 1 amide bonds. The monoisotopic (exact) mass is 396 g/mol. The number of hydrogen-bond donors (Lipinski definition) is 2. The molecule has 0 unspecified atom stereocenters. The second-order valence-electron chi connectivity index (χ2n) is 7.68.